The van der Waals surface area contributed by atoms with Gasteiger partial charge >= 0.3 is 5.97 Å². The fourth-order valence-electron chi connectivity index (χ4n) is 2.88. The van der Waals surface area contributed by atoms with E-state index in [1.807, 2.05) is 0 Å². The van der Waals surface area contributed by atoms with Crippen molar-refractivity contribution in [3.8, 4) is 5.75 Å². The lowest BCUT2D eigenvalue weighted by molar-refractivity contribution is -0.110. The zero-order valence-electron chi connectivity index (χ0n) is 13.7. The fraction of sp³-hybridized carbons (Fsp3) is 0.294. The highest BCUT2D eigenvalue weighted by Gasteiger charge is 2.27. The van der Waals surface area contributed by atoms with Gasteiger partial charge in [0.1, 0.15) is 11.3 Å². The molecule has 0 atom stereocenters. The quantitative estimate of drug-likeness (QED) is 0.464. The Morgan fingerprint density at radius 3 is 2.65 bits per heavy atom. The summed E-state index contributed by atoms with van der Waals surface area (Å²) in [5.41, 5.74) is -0.423. The zero-order valence-corrected chi connectivity index (χ0v) is 13.7. The van der Waals surface area contributed by atoms with Crippen LogP contribution in [-0.4, -0.2) is 46.7 Å². The number of aromatic nitrogens is 1. The first kappa shape index (κ1) is 17.5. The molecule has 3 rings (SSSR count). The molecule has 136 valence electrons. The van der Waals surface area contributed by atoms with Gasteiger partial charge in [0.2, 0.25) is 18.2 Å². The number of benzene rings is 1. The highest BCUT2D eigenvalue weighted by Crippen LogP contribution is 2.39. The molecule has 0 unspecified atom stereocenters. The van der Waals surface area contributed by atoms with E-state index in [2.05, 4.69) is 5.32 Å². The summed E-state index contributed by atoms with van der Waals surface area (Å²) in [7, 11) is 0. The number of fused-ring (bicyclic) bond motifs is 1. The lowest BCUT2D eigenvalue weighted by atomic mass is 10.1. The van der Waals surface area contributed by atoms with Crippen LogP contribution in [0.15, 0.2) is 23.1 Å². The van der Waals surface area contributed by atoms with Crippen molar-refractivity contribution < 1.29 is 24.6 Å². The van der Waals surface area contributed by atoms with Crippen LogP contribution in [-0.2, 0) is 9.59 Å². The summed E-state index contributed by atoms with van der Waals surface area (Å²) in [5.74, 6) is -1.65. The predicted molar refractivity (Wildman–Crippen MR) is 92.6 cm³/mol. The minimum Gasteiger partial charge on any atom is -0.506 e. The number of nitrogens with zero attached hydrogens (tertiary/aromatic N) is 2. The maximum absolute atomic E-state index is 12.4. The van der Waals surface area contributed by atoms with Crippen LogP contribution in [0.3, 0.4) is 0 Å². The van der Waals surface area contributed by atoms with Crippen molar-refractivity contribution in [2.75, 3.05) is 18.0 Å². The van der Waals surface area contributed by atoms with Gasteiger partial charge in [0.15, 0.2) is 0 Å². The molecule has 2 amide bonds. The number of carbonyl (C=O) groups excluding carboxylic acids is 2. The molecule has 0 aliphatic heterocycles. The van der Waals surface area contributed by atoms with E-state index in [-0.39, 0.29) is 41.5 Å². The number of aromatic hydroxyl groups is 1. The van der Waals surface area contributed by atoms with E-state index in [1.54, 1.807) is 4.57 Å². The second-order valence-corrected chi connectivity index (χ2v) is 6.04. The van der Waals surface area contributed by atoms with Crippen LogP contribution in [0.25, 0.3) is 10.9 Å². The van der Waals surface area contributed by atoms with E-state index in [9.17, 15) is 29.4 Å². The van der Waals surface area contributed by atoms with E-state index >= 15 is 0 Å². The van der Waals surface area contributed by atoms with E-state index in [4.69, 9.17) is 0 Å². The van der Waals surface area contributed by atoms with Gasteiger partial charge in [-0.3, -0.25) is 14.4 Å². The van der Waals surface area contributed by atoms with Crippen LogP contribution in [0.1, 0.15) is 29.2 Å². The summed E-state index contributed by atoms with van der Waals surface area (Å²) in [6.45, 7) is 0.315. The van der Waals surface area contributed by atoms with Gasteiger partial charge in [-0.1, -0.05) is 0 Å². The molecule has 0 saturated heterocycles. The average molecular weight is 359 g/mol. The minimum absolute atomic E-state index is 0.0786. The van der Waals surface area contributed by atoms with E-state index < -0.39 is 11.4 Å². The molecule has 1 aliphatic carbocycles. The van der Waals surface area contributed by atoms with Gasteiger partial charge in [0.05, 0.1) is 16.6 Å². The van der Waals surface area contributed by atoms with Crippen molar-refractivity contribution in [1.82, 2.24) is 9.88 Å². The third kappa shape index (κ3) is 3.10. The third-order valence-corrected chi connectivity index (χ3v) is 4.32. The Balaban J connectivity index is 2.17. The molecular formula is C17H17N3O6. The predicted octanol–water partition coefficient (Wildman–Crippen LogP) is 0.449. The minimum atomic E-state index is -1.33. The molecule has 9 nitrogen and oxygen atoms in total. The van der Waals surface area contributed by atoms with Crippen LogP contribution in [0.4, 0.5) is 5.69 Å². The molecule has 0 spiro atoms. The number of carbonyl (C=O) groups is 3. The summed E-state index contributed by atoms with van der Waals surface area (Å²) < 4.78 is 1.70. The number of nitrogens with one attached hydrogen (secondary N) is 1. The van der Waals surface area contributed by atoms with Crippen molar-refractivity contribution in [3.63, 3.8) is 0 Å². The first-order chi connectivity index (χ1) is 12.5. The first-order valence-electron chi connectivity index (χ1n) is 8.02. The number of pyridine rings is 1. The molecule has 1 aromatic heterocycles. The molecule has 26 heavy (non-hydrogen) atoms. The molecule has 1 fully saturated rings. The van der Waals surface area contributed by atoms with Crippen LogP contribution in [0.5, 0.6) is 5.75 Å². The van der Waals surface area contributed by atoms with Crippen LogP contribution in [0.2, 0.25) is 0 Å². The lowest BCUT2D eigenvalue weighted by Gasteiger charge is -2.20. The van der Waals surface area contributed by atoms with Crippen LogP contribution in [0, 0.1) is 0 Å². The number of aromatic carboxylic acids is 1. The molecular weight excluding hydrogens is 342 g/mol. The third-order valence-electron chi connectivity index (χ3n) is 4.32. The van der Waals surface area contributed by atoms with Crippen molar-refractivity contribution in [2.24, 2.45) is 0 Å². The molecule has 1 aliphatic rings. The second-order valence-electron chi connectivity index (χ2n) is 6.04. The number of carboxylic acids is 1. The molecule has 3 N–H and O–H groups in total. The van der Waals surface area contributed by atoms with Gasteiger partial charge in [0.25, 0.3) is 0 Å². The van der Waals surface area contributed by atoms with E-state index in [0.717, 1.165) is 12.8 Å². The second kappa shape index (κ2) is 6.87. The molecule has 1 aromatic carbocycles. The van der Waals surface area contributed by atoms with Crippen LogP contribution >= 0.6 is 0 Å². The number of hydrogen-bond acceptors (Lipinski definition) is 5. The van der Waals surface area contributed by atoms with Gasteiger partial charge in [0, 0.05) is 25.3 Å². The zero-order chi connectivity index (χ0) is 18.8. The number of hydrogen-bond donors (Lipinski definition) is 3. The average Bonchev–Trinajstić information content (AvgIpc) is 3.44. The van der Waals surface area contributed by atoms with Crippen molar-refractivity contribution >= 4 is 35.4 Å². The van der Waals surface area contributed by atoms with E-state index in [0.29, 0.717) is 18.3 Å². The monoisotopic (exact) mass is 359 g/mol. The highest BCUT2D eigenvalue weighted by atomic mass is 16.4. The highest BCUT2D eigenvalue weighted by molar-refractivity contribution is 5.95. The largest absolute Gasteiger partial charge is 0.506 e. The Kier molecular flexibility index (Phi) is 4.61. The van der Waals surface area contributed by atoms with Gasteiger partial charge < -0.3 is 25.0 Å². The number of amides is 2. The maximum Gasteiger partial charge on any atom is 0.341 e. The molecule has 1 saturated carbocycles. The van der Waals surface area contributed by atoms with Gasteiger partial charge in [-0.15, -0.1) is 0 Å². The topological polar surface area (TPSA) is 129 Å². The number of rotatable bonds is 8. The summed E-state index contributed by atoms with van der Waals surface area (Å²) in [6, 6.07) is 2.75. The number of carboxylic acid groups (broad SMARTS) is 1. The normalized spacial score (nSPS) is 13.4. The maximum atomic E-state index is 12.4. The van der Waals surface area contributed by atoms with Gasteiger partial charge in [-0.25, -0.2) is 4.79 Å². The van der Waals surface area contributed by atoms with Crippen molar-refractivity contribution in [1.29, 1.82) is 0 Å². The summed E-state index contributed by atoms with van der Waals surface area (Å²) in [4.78, 5) is 46.7. The Bertz CT molecular complexity index is 948. The summed E-state index contributed by atoms with van der Waals surface area (Å²) >= 11 is 0. The SMILES string of the molecule is O=CNCCN(C=O)c1cc2c(cc1O)c(=O)c(C(=O)O)cn2C1CC1. The van der Waals surface area contributed by atoms with Crippen molar-refractivity contribution in [2.45, 2.75) is 18.9 Å². The number of phenols is 1. The van der Waals surface area contributed by atoms with Crippen LogP contribution < -0.4 is 15.6 Å². The number of phenolic OH excluding ortho intramolecular Hbond substituents is 1. The first-order valence-corrected chi connectivity index (χ1v) is 8.02. The molecule has 9 heteroatoms. The Hall–Kier alpha value is -3.36. The fourth-order valence-corrected chi connectivity index (χ4v) is 2.88. The Morgan fingerprint density at radius 2 is 2.08 bits per heavy atom. The number of anilines is 1. The molecule has 0 bridgehead atoms. The summed E-state index contributed by atoms with van der Waals surface area (Å²) in [6.07, 6.45) is 4.03. The Morgan fingerprint density at radius 1 is 1.35 bits per heavy atom. The van der Waals surface area contributed by atoms with E-state index in [1.165, 1.54) is 23.2 Å². The molecule has 0 radical (unpaired) electrons. The lowest BCUT2D eigenvalue weighted by Crippen LogP contribution is -2.30. The van der Waals surface area contributed by atoms with Crippen molar-refractivity contribution in [3.05, 3.63) is 34.1 Å². The molecule has 2 aromatic rings. The van der Waals surface area contributed by atoms with Gasteiger partial charge in [-0.05, 0) is 25.0 Å². The summed E-state index contributed by atoms with van der Waals surface area (Å²) in [5, 5.41) is 22.0. The molecule has 1 heterocycles. The smallest absolute Gasteiger partial charge is 0.341 e. The Labute approximate surface area is 147 Å². The standard InChI is InChI=1S/C17H17N3O6/c21-8-18-3-4-19(9-22)14-6-13-11(5-15(14)23)16(24)12(17(25)26)7-20(13)10-1-2-10/h5-10,23H,1-4H2,(H,18,21)(H,25,26). The van der Waals surface area contributed by atoms with Gasteiger partial charge in [-0.2, -0.15) is 0 Å².